The van der Waals surface area contributed by atoms with Gasteiger partial charge in [0.25, 0.3) is 11.1 Å². The van der Waals surface area contributed by atoms with Gasteiger partial charge in [-0.15, -0.1) is 11.8 Å². The molecule has 1 fully saturated rings. The van der Waals surface area contributed by atoms with Gasteiger partial charge in [-0.05, 0) is 38.1 Å². The standard InChI is InChI=1S/C23H26N6O3S/c30-21-2-1-18-23-28(21)14-17(29(23)22(31)12-26-18)13-27-5-3-15(4-6-27)24-10-16-9-20-19(11-25-16)32-7-8-33-20/h1-2,9,11-12,15,17,24H,3-8,10,13-14H2/t17-/m0/s1. The number of likely N-dealkylation sites (tertiary alicyclic amines) is 1. The molecule has 0 aliphatic carbocycles. The van der Waals surface area contributed by atoms with Gasteiger partial charge in [-0.25, -0.2) is 4.98 Å². The zero-order chi connectivity index (χ0) is 22.4. The summed E-state index contributed by atoms with van der Waals surface area (Å²) in [4.78, 5) is 37.2. The minimum atomic E-state index is -0.137. The fourth-order valence-corrected chi connectivity index (χ4v) is 5.98. The largest absolute Gasteiger partial charge is 0.490 e. The zero-order valence-electron chi connectivity index (χ0n) is 18.3. The number of hydrogen-bond acceptors (Lipinski definition) is 8. The molecule has 3 aliphatic heterocycles. The van der Waals surface area contributed by atoms with Gasteiger partial charge >= 0.3 is 0 Å². The number of aromatic nitrogens is 4. The molecule has 0 saturated carbocycles. The van der Waals surface area contributed by atoms with E-state index in [-0.39, 0.29) is 17.2 Å². The first-order valence-electron chi connectivity index (χ1n) is 11.5. The Hall–Kier alpha value is -2.69. The first-order valence-corrected chi connectivity index (χ1v) is 12.5. The van der Waals surface area contributed by atoms with E-state index in [2.05, 4.69) is 26.3 Å². The predicted octanol–water partition coefficient (Wildman–Crippen LogP) is 1.25. The van der Waals surface area contributed by atoms with Crippen molar-refractivity contribution in [2.24, 2.45) is 0 Å². The third kappa shape index (κ3) is 3.96. The van der Waals surface area contributed by atoms with Crippen LogP contribution < -0.4 is 21.2 Å². The molecule has 1 N–H and O–H groups in total. The number of hydrogen-bond donors (Lipinski definition) is 1. The van der Waals surface area contributed by atoms with Crippen LogP contribution >= 0.6 is 11.8 Å². The highest BCUT2D eigenvalue weighted by atomic mass is 32.2. The molecule has 0 unspecified atom stereocenters. The molecule has 0 aromatic carbocycles. The van der Waals surface area contributed by atoms with Crippen LogP contribution in [0.4, 0.5) is 0 Å². The maximum atomic E-state index is 12.6. The van der Waals surface area contributed by atoms with Crippen molar-refractivity contribution >= 4 is 22.9 Å². The minimum Gasteiger partial charge on any atom is -0.490 e. The maximum Gasteiger partial charge on any atom is 0.270 e. The van der Waals surface area contributed by atoms with Crippen LogP contribution in [0.15, 0.2) is 45.1 Å². The van der Waals surface area contributed by atoms with Crippen molar-refractivity contribution in [1.29, 1.82) is 0 Å². The van der Waals surface area contributed by atoms with Crippen LogP contribution in [0, 0.1) is 0 Å². The van der Waals surface area contributed by atoms with E-state index in [1.54, 1.807) is 15.2 Å². The number of pyridine rings is 2. The summed E-state index contributed by atoms with van der Waals surface area (Å²) in [6.45, 7) is 4.72. The molecule has 1 saturated heterocycles. The zero-order valence-corrected chi connectivity index (χ0v) is 19.1. The fraction of sp³-hybridized carbons (Fsp3) is 0.478. The number of nitrogens with zero attached hydrogens (tertiary/aromatic N) is 5. The molecule has 0 spiro atoms. The Morgan fingerprint density at radius 3 is 2.88 bits per heavy atom. The third-order valence-corrected chi connectivity index (χ3v) is 7.79. The van der Waals surface area contributed by atoms with Gasteiger partial charge in [0.2, 0.25) is 0 Å². The molecular weight excluding hydrogens is 440 g/mol. The maximum absolute atomic E-state index is 12.6. The van der Waals surface area contributed by atoms with Gasteiger partial charge in [0.05, 0.1) is 35.6 Å². The Labute approximate surface area is 194 Å². The van der Waals surface area contributed by atoms with Crippen LogP contribution in [0.2, 0.25) is 0 Å². The van der Waals surface area contributed by atoms with Crippen LogP contribution in [-0.2, 0) is 13.1 Å². The molecule has 33 heavy (non-hydrogen) atoms. The quantitative estimate of drug-likeness (QED) is 0.601. The van der Waals surface area contributed by atoms with E-state index in [9.17, 15) is 9.59 Å². The Kier molecular flexibility index (Phi) is 5.43. The van der Waals surface area contributed by atoms with Crippen LogP contribution in [0.5, 0.6) is 5.75 Å². The molecule has 3 aromatic heterocycles. The molecule has 9 nitrogen and oxygen atoms in total. The first-order chi connectivity index (χ1) is 16.2. The van der Waals surface area contributed by atoms with Gasteiger partial charge < -0.3 is 15.0 Å². The minimum absolute atomic E-state index is 0.0398. The summed E-state index contributed by atoms with van der Waals surface area (Å²) >= 11 is 1.83. The molecule has 0 amide bonds. The second kappa shape index (κ2) is 8.58. The Bertz CT molecular complexity index is 1310. The Morgan fingerprint density at radius 1 is 1.12 bits per heavy atom. The van der Waals surface area contributed by atoms with Crippen molar-refractivity contribution in [3.05, 3.63) is 57.0 Å². The lowest BCUT2D eigenvalue weighted by molar-refractivity contribution is 0.171. The van der Waals surface area contributed by atoms with Crippen LogP contribution in [0.3, 0.4) is 0 Å². The van der Waals surface area contributed by atoms with Crippen LogP contribution in [0.25, 0.3) is 11.2 Å². The number of piperidine rings is 1. The van der Waals surface area contributed by atoms with Crippen molar-refractivity contribution in [3.63, 3.8) is 0 Å². The van der Waals surface area contributed by atoms with Crippen LogP contribution in [0.1, 0.15) is 24.6 Å². The molecule has 1 atom stereocenters. The molecule has 6 heterocycles. The smallest absolute Gasteiger partial charge is 0.270 e. The van der Waals surface area contributed by atoms with E-state index in [4.69, 9.17) is 4.74 Å². The summed E-state index contributed by atoms with van der Waals surface area (Å²) in [5.41, 5.74) is 2.18. The van der Waals surface area contributed by atoms with Gasteiger partial charge in [-0.1, -0.05) is 0 Å². The first kappa shape index (κ1) is 20.9. The van der Waals surface area contributed by atoms with E-state index in [1.807, 2.05) is 18.0 Å². The van der Waals surface area contributed by atoms with Crippen molar-refractivity contribution in [3.8, 4) is 5.75 Å². The normalized spacial score (nSPS) is 20.7. The van der Waals surface area contributed by atoms with E-state index in [1.165, 1.54) is 17.2 Å². The number of rotatable bonds is 5. The lowest BCUT2D eigenvalue weighted by Crippen LogP contribution is -2.44. The summed E-state index contributed by atoms with van der Waals surface area (Å²) in [6.07, 6.45) is 5.29. The highest BCUT2D eigenvalue weighted by Crippen LogP contribution is 2.32. The van der Waals surface area contributed by atoms with Gasteiger partial charge in [0, 0.05) is 37.5 Å². The van der Waals surface area contributed by atoms with Gasteiger partial charge in [0.15, 0.2) is 5.75 Å². The highest BCUT2D eigenvalue weighted by Gasteiger charge is 2.29. The van der Waals surface area contributed by atoms with Crippen molar-refractivity contribution in [2.45, 2.75) is 42.9 Å². The van der Waals surface area contributed by atoms with E-state index in [0.717, 1.165) is 62.8 Å². The molecule has 3 aliphatic rings. The number of ether oxygens (including phenoxy) is 1. The predicted molar refractivity (Wildman–Crippen MR) is 126 cm³/mol. The van der Waals surface area contributed by atoms with Crippen LogP contribution in [-0.4, -0.2) is 62.0 Å². The summed E-state index contributed by atoms with van der Waals surface area (Å²) in [6, 6.07) is 5.78. The van der Waals surface area contributed by atoms with Crippen molar-refractivity contribution < 1.29 is 4.74 Å². The Morgan fingerprint density at radius 2 is 2.00 bits per heavy atom. The van der Waals surface area contributed by atoms with Gasteiger partial charge in [-0.3, -0.25) is 23.7 Å². The summed E-state index contributed by atoms with van der Waals surface area (Å²) in [5, 5.41) is 3.66. The lowest BCUT2D eigenvalue weighted by atomic mass is 10.0. The molecule has 0 radical (unpaired) electrons. The molecule has 10 heteroatoms. The molecule has 3 aromatic rings. The Balaban J connectivity index is 1.06. The van der Waals surface area contributed by atoms with E-state index < -0.39 is 0 Å². The van der Waals surface area contributed by atoms with E-state index in [0.29, 0.717) is 23.8 Å². The van der Waals surface area contributed by atoms with Crippen molar-refractivity contribution in [2.75, 3.05) is 32.0 Å². The van der Waals surface area contributed by atoms with Crippen molar-refractivity contribution in [1.82, 2.24) is 29.3 Å². The van der Waals surface area contributed by atoms with E-state index >= 15 is 0 Å². The lowest BCUT2D eigenvalue weighted by Gasteiger charge is -2.34. The monoisotopic (exact) mass is 466 g/mol. The van der Waals surface area contributed by atoms with Gasteiger partial charge in [0.1, 0.15) is 11.2 Å². The number of thioether (sulfide) groups is 1. The molecule has 172 valence electrons. The number of fused-ring (bicyclic) bond motifs is 1. The summed E-state index contributed by atoms with van der Waals surface area (Å²) in [5.74, 6) is 1.88. The molecule has 0 bridgehead atoms. The average Bonchev–Trinajstić information content (AvgIpc) is 3.23. The van der Waals surface area contributed by atoms with Gasteiger partial charge in [-0.2, -0.15) is 0 Å². The summed E-state index contributed by atoms with van der Waals surface area (Å²) < 4.78 is 9.09. The average molecular weight is 467 g/mol. The second-order valence-electron chi connectivity index (χ2n) is 8.89. The summed E-state index contributed by atoms with van der Waals surface area (Å²) in [7, 11) is 0. The number of nitrogens with one attached hydrogen (secondary N) is 1. The molecular formula is C23H26N6O3S. The highest BCUT2D eigenvalue weighted by molar-refractivity contribution is 7.99. The molecule has 6 rings (SSSR count). The third-order valence-electron chi connectivity index (χ3n) is 6.79. The fourth-order valence-electron chi connectivity index (χ4n) is 5.12. The second-order valence-corrected chi connectivity index (χ2v) is 10.0. The topological polar surface area (TPSA) is 94.3 Å². The SMILES string of the molecule is O=c1ccc2ncc(=O)n3c2n1C[C@@H]3CN1CCC(NCc2cc3c(cn2)OCCS3)CC1.